The van der Waals surface area contributed by atoms with Gasteiger partial charge in [0.15, 0.2) is 0 Å². The van der Waals surface area contributed by atoms with Gasteiger partial charge in [-0.15, -0.1) is 18.3 Å². The number of rotatable bonds is 17. The molecule has 0 amide bonds. The molecule has 1 atom stereocenters. The summed E-state index contributed by atoms with van der Waals surface area (Å²) in [6, 6.07) is 0.517. The van der Waals surface area contributed by atoms with Crippen LogP contribution >= 0.6 is 11.8 Å². The van der Waals surface area contributed by atoms with Crippen LogP contribution in [0.4, 0.5) is 0 Å². The molecule has 1 unspecified atom stereocenters. The summed E-state index contributed by atoms with van der Waals surface area (Å²) in [5.74, 6) is 2.58. The predicted octanol–water partition coefficient (Wildman–Crippen LogP) is 15.0. The molecule has 0 aromatic carbocycles. The summed E-state index contributed by atoms with van der Waals surface area (Å²) >= 11 is 1.84. The second-order valence-corrected chi connectivity index (χ2v) is 14.8. The quantitative estimate of drug-likeness (QED) is 0.108. The Labute approximate surface area is 337 Å². The van der Waals surface area contributed by atoms with E-state index in [0.29, 0.717) is 6.04 Å². The minimum absolute atomic E-state index is 0.517. The van der Waals surface area contributed by atoms with Crippen LogP contribution < -0.4 is 0 Å². The van der Waals surface area contributed by atoms with Crippen molar-refractivity contribution in [3.63, 3.8) is 0 Å². The number of hydrogen-bond donors (Lipinski definition) is 0. The van der Waals surface area contributed by atoms with E-state index < -0.39 is 0 Å². The molecule has 4 heteroatoms. The van der Waals surface area contributed by atoms with Crippen LogP contribution in [0.2, 0.25) is 0 Å². The van der Waals surface area contributed by atoms with Crippen LogP contribution in [0, 0.1) is 17.8 Å². The van der Waals surface area contributed by atoms with Crippen molar-refractivity contribution in [3.05, 3.63) is 59.6 Å². The number of nitrogens with zero attached hydrogens (tertiary/aromatic N) is 3. The zero-order chi connectivity index (χ0) is 42.0. The molecule has 0 saturated carbocycles. The van der Waals surface area contributed by atoms with Crippen molar-refractivity contribution in [1.82, 2.24) is 9.80 Å². The molecule has 1 saturated heterocycles. The SMILES string of the molecule is C=CC(C/C=C(\C)SC)N1CC(CN(C)CCC(CC)CC)C1.CC.CC.CC.CC.CC.CC(C)C.CCC[N+](C)(C)CCC1=CCC=CC=C1. The van der Waals surface area contributed by atoms with E-state index in [-0.39, 0.29) is 0 Å². The lowest BCUT2D eigenvalue weighted by molar-refractivity contribution is -0.890. The first-order valence-electron chi connectivity index (χ1n) is 22.0. The zero-order valence-corrected chi connectivity index (χ0v) is 40.8. The Kier molecular flexibility index (Phi) is 58.0. The molecule has 0 spiro atoms. The fourth-order valence-electron chi connectivity index (χ4n) is 5.35. The van der Waals surface area contributed by atoms with Crippen LogP contribution in [0.25, 0.3) is 0 Å². The molecular formula is C48H102N3S+. The Bertz CT molecular complexity index is 796. The highest BCUT2D eigenvalue weighted by atomic mass is 32.2. The summed E-state index contributed by atoms with van der Waals surface area (Å²) in [5.41, 5.74) is 1.49. The maximum absolute atomic E-state index is 4.03. The second kappa shape index (κ2) is 48.0. The largest absolute Gasteiger partial charge is 0.328 e. The van der Waals surface area contributed by atoms with Crippen LogP contribution in [0.1, 0.15) is 163 Å². The van der Waals surface area contributed by atoms with E-state index in [1.165, 1.54) is 81.9 Å². The van der Waals surface area contributed by atoms with E-state index in [4.69, 9.17) is 0 Å². The Hall–Kier alpha value is -1.07. The number of likely N-dealkylation sites (tertiary alicyclic amines) is 1. The Morgan fingerprint density at radius 2 is 1.44 bits per heavy atom. The molecule has 1 heterocycles. The standard InChI is InChI=1S/C20H38N2S.C14H24N.C4H10.5C2H6/c1-7-18(8-2)12-13-21(5)14-19-15-22(16-19)20(9-3)11-10-17(4)23-6;1-4-12-15(2,3)13-11-14-9-7-5-6-8-10-14;1-4(2)3;5*1-2/h9-10,18-20H,3,7-8,11-16H2,1-2,4-6H3;5-7,9-10H,4,8,11-13H2,1-3H3;4H,1-3H3;5*1-2H3/q;+1;;;;;;/b17-10+;;;;;;;. The smallest absolute Gasteiger partial charge is 0.0823 e. The molecule has 2 rings (SSSR count). The van der Waals surface area contributed by atoms with Gasteiger partial charge in [0.1, 0.15) is 0 Å². The van der Waals surface area contributed by atoms with Crippen LogP contribution in [-0.2, 0) is 0 Å². The molecule has 1 aliphatic heterocycles. The molecule has 0 aromatic rings. The third-order valence-electron chi connectivity index (χ3n) is 8.25. The van der Waals surface area contributed by atoms with E-state index in [0.717, 1.165) is 35.1 Å². The number of hydrogen-bond acceptors (Lipinski definition) is 3. The fraction of sp³-hybridized carbons (Fsp3) is 0.792. The molecule has 0 N–H and O–H groups in total. The van der Waals surface area contributed by atoms with Gasteiger partial charge >= 0.3 is 0 Å². The summed E-state index contributed by atoms with van der Waals surface area (Å²) in [7, 11) is 6.94. The van der Waals surface area contributed by atoms with Crippen molar-refractivity contribution in [2.45, 2.75) is 169 Å². The molecule has 1 aliphatic carbocycles. The molecule has 0 aromatic heterocycles. The van der Waals surface area contributed by atoms with Gasteiger partial charge in [-0.2, -0.15) is 0 Å². The molecule has 2 aliphatic rings. The maximum atomic E-state index is 4.03. The minimum atomic E-state index is 0.517. The van der Waals surface area contributed by atoms with Crippen LogP contribution in [-0.4, -0.2) is 87.0 Å². The Morgan fingerprint density at radius 3 is 1.88 bits per heavy atom. The van der Waals surface area contributed by atoms with Gasteiger partial charge in [-0.1, -0.05) is 166 Å². The van der Waals surface area contributed by atoms with Crippen molar-refractivity contribution in [3.8, 4) is 0 Å². The first-order chi connectivity index (χ1) is 24.9. The summed E-state index contributed by atoms with van der Waals surface area (Å²) in [6.07, 6.45) is 26.4. The van der Waals surface area contributed by atoms with Crippen molar-refractivity contribution < 1.29 is 4.48 Å². The van der Waals surface area contributed by atoms with Crippen molar-refractivity contribution in [2.75, 3.05) is 66.7 Å². The van der Waals surface area contributed by atoms with Crippen LogP contribution in [0.5, 0.6) is 0 Å². The van der Waals surface area contributed by atoms with E-state index >= 15 is 0 Å². The van der Waals surface area contributed by atoms with Gasteiger partial charge in [0, 0.05) is 32.1 Å². The molecule has 0 radical (unpaired) electrons. The Morgan fingerprint density at radius 1 is 0.923 bits per heavy atom. The first-order valence-corrected chi connectivity index (χ1v) is 23.2. The fourth-order valence-corrected chi connectivity index (χ4v) is 5.61. The van der Waals surface area contributed by atoms with Gasteiger partial charge in [0.05, 0.1) is 27.2 Å². The van der Waals surface area contributed by atoms with Crippen LogP contribution in [0.15, 0.2) is 59.6 Å². The number of thioether (sulfide) groups is 1. The molecule has 3 nitrogen and oxygen atoms in total. The van der Waals surface area contributed by atoms with Gasteiger partial charge in [-0.25, -0.2) is 0 Å². The average Bonchev–Trinajstić information content (AvgIpc) is 3.43. The highest BCUT2D eigenvalue weighted by Crippen LogP contribution is 2.24. The van der Waals surface area contributed by atoms with Crippen molar-refractivity contribution in [2.24, 2.45) is 17.8 Å². The predicted molar refractivity (Wildman–Crippen MR) is 252 cm³/mol. The highest BCUT2D eigenvalue weighted by molar-refractivity contribution is 8.02. The van der Waals surface area contributed by atoms with Gasteiger partial charge in [-0.05, 0) is 80.7 Å². The number of allylic oxidation sites excluding steroid dienone is 6. The van der Waals surface area contributed by atoms with E-state index in [1.807, 2.05) is 81.0 Å². The summed E-state index contributed by atoms with van der Waals surface area (Å²) < 4.78 is 1.13. The second-order valence-electron chi connectivity index (χ2n) is 13.8. The normalized spacial score (nSPS) is 14.2. The third-order valence-corrected chi connectivity index (χ3v) is 9.06. The molecule has 1 fully saturated rings. The van der Waals surface area contributed by atoms with Gasteiger partial charge in [0.25, 0.3) is 0 Å². The third kappa shape index (κ3) is 41.7. The average molecular weight is 753 g/mol. The van der Waals surface area contributed by atoms with E-state index in [9.17, 15) is 0 Å². The minimum Gasteiger partial charge on any atom is -0.328 e. The topological polar surface area (TPSA) is 6.48 Å². The molecule has 0 bridgehead atoms. The summed E-state index contributed by atoms with van der Waals surface area (Å²) in [5, 5.41) is 0. The molecule has 52 heavy (non-hydrogen) atoms. The lowest BCUT2D eigenvalue weighted by atomic mass is 9.95. The molecular weight excluding hydrogens is 651 g/mol. The zero-order valence-electron chi connectivity index (χ0n) is 40.0. The number of quaternary nitrogens is 1. The highest BCUT2D eigenvalue weighted by Gasteiger charge is 2.31. The summed E-state index contributed by atoms with van der Waals surface area (Å²) in [6.45, 7) is 47.1. The van der Waals surface area contributed by atoms with Crippen molar-refractivity contribution >= 4 is 11.8 Å². The van der Waals surface area contributed by atoms with E-state index in [2.05, 4.69) is 135 Å². The maximum Gasteiger partial charge on any atom is 0.0823 e. The van der Waals surface area contributed by atoms with Gasteiger partial charge in [-0.3, -0.25) is 4.90 Å². The Balaban J connectivity index is -0.000000157. The monoisotopic (exact) mass is 753 g/mol. The van der Waals surface area contributed by atoms with Gasteiger partial charge < -0.3 is 9.38 Å². The van der Waals surface area contributed by atoms with Gasteiger partial charge in [0.2, 0.25) is 0 Å². The van der Waals surface area contributed by atoms with E-state index in [1.54, 1.807) is 0 Å². The van der Waals surface area contributed by atoms with Crippen LogP contribution in [0.3, 0.4) is 0 Å². The molecule has 314 valence electrons. The van der Waals surface area contributed by atoms with Crippen molar-refractivity contribution in [1.29, 1.82) is 0 Å². The lowest BCUT2D eigenvalue weighted by Gasteiger charge is -2.44. The lowest BCUT2D eigenvalue weighted by Crippen LogP contribution is -2.54. The first kappa shape index (κ1) is 62.9. The summed E-state index contributed by atoms with van der Waals surface area (Å²) in [4.78, 5) is 6.53.